The highest BCUT2D eigenvalue weighted by Crippen LogP contribution is 2.18. The lowest BCUT2D eigenvalue weighted by Crippen LogP contribution is -2.48. The normalized spacial score (nSPS) is 11.3. The predicted octanol–water partition coefficient (Wildman–Crippen LogP) is 3.54. The van der Waals surface area contributed by atoms with E-state index in [0.29, 0.717) is 10.9 Å². The Hall–Kier alpha value is -2.12. The van der Waals surface area contributed by atoms with Gasteiger partial charge in [0.15, 0.2) is 11.2 Å². The largest absolute Gasteiger partial charge is 0.481 e. The average molecular weight is 408 g/mol. The third-order valence-electron chi connectivity index (χ3n) is 3.17. The molecule has 1 atom stereocenters. The molecule has 1 amide bonds. The first-order chi connectivity index (χ1) is 11.5. The summed E-state index contributed by atoms with van der Waals surface area (Å²) in [5.74, 6) is 0.275. The number of para-hydroxylation sites is 1. The first-order valence-corrected chi connectivity index (χ1v) is 8.50. The fraction of sp³-hybridized carbons (Fsp3) is 0.176. The topological polar surface area (TPSA) is 62.4 Å². The van der Waals surface area contributed by atoms with Crippen LogP contribution in [0, 0.1) is 6.92 Å². The third kappa shape index (κ3) is 5.50. The van der Waals surface area contributed by atoms with E-state index in [2.05, 4.69) is 32.1 Å². The van der Waals surface area contributed by atoms with Gasteiger partial charge in [-0.1, -0.05) is 40.2 Å². The van der Waals surface area contributed by atoms with Crippen LogP contribution in [-0.4, -0.2) is 17.1 Å². The van der Waals surface area contributed by atoms with Crippen LogP contribution in [0.5, 0.6) is 5.75 Å². The van der Waals surface area contributed by atoms with Crippen LogP contribution in [0.25, 0.3) is 0 Å². The number of amides is 1. The van der Waals surface area contributed by atoms with Crippen LogP contribution in [0.4, 0.5) is 5.69 Å². The molecule has 2 rings (SSSR count). The van der Waals surface area contributed by atoms with E-state index in [1.165, 1.54) is 0 Å². The van der Waals surface area contributed by atoms with Gasteiger partial charge in [-0.25, -0.2) is 0 Å². The quantitative estimate of drug-likeness (QED) is 0.534. The molecule has 0 saturated heterocycles. The molecule has 2 aromatic rings. The second-order valence-corrected chi connectivity index (χ2v) is 6.42. The van der Waals surface area contributed by atoms with Crippen LogP contribution in [0.1, 0.15) is 12.5 Å². The molecule has 7 heteroatoms. The SMILES string of the molecule is Cc1ccccc1NC(=S)NNC(=O)[C@H](C)Oc1cccc(Br)c1. The van der Waals surface area contributed by atoms with Crippen LogP contribution in [-0.2, 0) is 4.79 Å². The van der Waals surface area contributed by atoms with Crippen molar-refractivity contribution >= 4 is 44.9 Å². The molecule has 24 heavy (non-hydrogen) atoms. The van der Waals surface area contributed by atoms with Gasteiger partial charge in [-0.3, -0.25) is 15.6 Å². The highest BCUT2D eigenvalue weighted by Gasteiger charge is 2.15. The van der Waals surface area contributed by atoms with Crippen molar-refractivity contribution in [1.29, 1.82) is 0 Å². The summed E-state index contributed by atoms with van der Waals surface area (Å²) in [6.45, 7) is 3.63. The molecular weight excluding hydrogens is 390 g/mol. The molecule has 126 valence electrons. The second-order valence-electron chi connectivity index (χ2n) is 5.10. The maximum absolute atomic E-state index is 12.1. The number of nitrogens with one attached hydrogen (secondary N) is 3. The average Bonchev–Trinajstić information content (AvgIpc) is 2.54. The number of carbonyl (C=O) groups is 1. The van der Waals surface area contributed by atoms with Gasteiger partial charge in [-0.2, -0.15) is 0 Å². The van der Waals surface area contributed by atoms with Crippen molar-refractivity contribution in [2.45, 2.75) is 20.0 Å². The Kier molecular flexibility index (Phi) is 6.57. The number of aryl methyl sites for hydroxylation is 1. The molecule has 0 unspecified atom stereocenters. The minimum atomic E-state index is -0.673. The van der Waals surface area contributed by atoms with Crippen molar-refractivity contribution in [2.24, 2.45) is 0 Å². The molecule has 0 aliphatic heterocycles. The summed E-state index contributed by atoms with van der Waals surface area (Å²) in [6, 6.07) is 15.0. The zero-order valence-electron chi connectivity index (χ0n) is 13.3. The molecule has 5 nitrogen and oxygen atoms in total. The summed E-state index contributed by atoms with van der Waals surface area (Å²) in [6.07, 6.45) is -0.673. The molecular formula is C17H18BrN3O2S. The number of benzene rings is 2. The Morgan fingerprint density at radius 1 is 1.17 bits per heavy atom. The van der Waals surface area contributed by atoms with Gasteiger partial charge in [-0.05, 0) is 55.9 Å². The van der Waals surface area contributed by atoms with Crippen LogP contribution in [0.15, 0.2) is 53.0 Å². The number of hydrazine groups is 1. The van der Waals surface area contributed by atoms with Crippen LogP contribution < -0.4 is 20.9 Å². The maximum atomic E-state index is 12.1. The summed E-state index contributed by atoms with van der Waals surface area (Å²) < 4.78 is 6.46. The van der Waals surface area contributed by atoms with Crippen LogP contribution in [0.2, 0.25) is 0 Å². The standard InChI is InChI=1S/C17H18BrN3O2S/c1-11-6-3-4-9-15(11)19-17(24)21-20-16(22)12(2)23-14-8-5-7-13(18)10-14/h3-10,12H,1-2H3,(H,20,22)(H2,19,21,24)/t12-/m0/s1. The first kappa shape index (κ1) is 18.2. The lowest BCUT2D eigenvalue weighted by molar-refractivity contribution is -0.127. The van der Waals surface area contributed by atoms with Gasteiger partial charge in [-0.15, -0.1) is 0 Å². The molecule has 0 aliphatic carbocycles. The van der Waals surface area contributed by atoms with E-state index in [1.807, 2.05) is 43.3 Å². The van der Waals surface area contributed by atoms with Gasteiger partial charge < -0.3 is 10.1 Å². The smallest absolute Gasteiger partial charge is 0.279 e. The van der Waals surface area contributed by atoms with E-state index in [1.54, 1.807) is 19.1 Å². The number of anilines is 1. The number of hydrogen-bond donors (Lipinski definition) is 3. The molecule has 0 aliphatic rings. The van der Waals surface area contributed by atoms with Crippen LogP contribution in [0.3, 0.4) is 0 Å². The van der Waals surface area contributed by atoms with Gasteiger partial charge in [0.1, 0.15) is 5.75 Å². The lowest BCUT2D eigenvalue weighted by Gasteiger charge is -2.17. The zero-order valence-corrected chi connectivity index (χ0v) is 15.7. The van der Waals surface area contributed by atoms with Crippen molar-refractivity contribution in [3.63, 3.8) is 0 Å². The molecule has 0 fully saturated rings. The molecule has 3 N–H and O–H groups in total. The monoisotopic (exact) mass is 407 g/mol. The fourth-order valence-corrected chi connectivity index (χ4v) is 2.42. The summed E-state index contributed by atoms with van der Waals surface area (Å²) in [5.41, 5.74) is 7.13. The van der Waals surface area contributed by atoms with Gasteiger partial charge >= 0.3 is 0 Å². The molecule has 2 aromatic carbocycles. The van der Waals surface area contributed by atoms with E-state index in [9.17, 15) is 4.79 Å². The molecule has 0 aromatic heterocycles. The van der Waals surface area contributed by atoms with Gasteiger partial charge in [0.05, 0.1) is 0 Å². The van der Waals surface area contributed by atoms with Crippen molar-refractivity contribution in [2.75, 3.05) is 5.32 Å². The van der Waals surface area contributed by atoms with E-state index in [-0.39, 0.29) is 5.91 Å². The lowest BCUT2D eigenvalue weighted by atomic mass is 10.2. The minimum Gasteiger partial charge on any atom is -0.481 e. The molecule has 0 heterocycles. The van der Waals surface area contributed by atoms with Gasteiger partial charge in [0.2, 0.25) is 0 Å². The van der Waals surface area contributed by atoms with E-state index in [0.717, 1.165) is 15.7 Å². The Balaban J connectivity index is 1.81. The summed E-state index contributed by atoms with van der Waals surface area (Å²) in [7, 11) is 0. The number of rotatable bonds is 4. The summed E-state index contributed by atoms with van der Waals surface area (Å²) in [5, 5.41) is 3.32. The highest BCUT2D eigenvalue weighted by molar-refractivity contribution is 9.10. The number of thiocarbonyl (C=S) groups is 1. The predicted molar refractivity (Wildman–Crippen MR) is 103 cm³/mol. The van der Waals surface area contributed by atoms with E-state index >= 15 is 0 Å². The zero-order chi connectivity index (χ0) is 17.5. The van der Waals surface area contributed by atoms with E-state index < -0.39 is 6.10 Å². The number of halogens is 1. The Morgan fingerprint density at radius 3 is 2.62 bits per heavy atom. The van der Waals surface area contributed by atoms with Crippen molar-refractivity contribution in [3.8, 4) is 5.75 Å². The minimum absolute atomic E-state index is 0.298. The summed E-state index contributed by atoms with van der Waals surface area (Å²) >= 11 is 8.52. The Morgan fingerprint density at radius 2 is 1.92 bits per heavy atom. The number of hydrogen-bond acceptors (Lipinski definition) is 3. The van der Waals surface area contributed by atoms with Crippen molar-refractivity contribution in [1.82, 2.24) is 10.9 Å². The first-order valence-electron chi connectivity index (χ1n) is 7.30. The van der Waals surface area contributed by atoms with E-state index in [4.69, 9.17) is 17.0 Å². The van der Waals surface area contributed by atoms with Crippen molar-refractivity contribution < 1.29 is 9.53 Å². The fourth-order valence-electron chi connectivity index (χ4n) is 1.88. The van der Waals surface area contributed by atoms with Gasteiger partial charge in [0, 0.05) is 10.2 Å². The Bertz CT molecular complexity index is 739. The number of ether oxygens (including phenoxy) is 1. The molecule has 0 saturated carbocycles. The molecule has 0 bridgehead atoms. The van der Waals surface area contributed by atoms with Gasteiger partial charge in [0.25, 0.3) is 5.91 Å². The van der Waals surface area contributed by atoms with Crippen LogP contribution >= 0.6 is 28.1 Å². The third-order valence-corrected chi connectivity index (χ3v) is 3.87. The second kappa shape index (κ2) is 8.65. The highest BCUT2D eigenvalue weighted by atomic mass is 79.9. The Labute approximate surface area is 154 Å². The van der Waals surface area contributed by atoms with Crippen molar-refractivity contribution in [3.05, 3.63) is 58.6 Å². The molecule has 0 spiro atoms. The summed E-state index contributed by atoms with van der Waals surface area (Å²) in [4.78, 5) is 12.1. The number of carbonyl (C=O) groups excluding carboxylic acids is 1. The maximum Gasteiger partial charge on any atom is 0.279 e. The molecule has 0 radical (unpaired) electrons.